The number of esters is 6. The molecule has 0 saturated carbocycles. The molecular formula is C47H50O22. The highest BCUT2D eigenvalue weighted by Crippen LogP contribution is 2.40. The van der Waals surface area contributed by atoms with Crippen molar-refractivity contribution in [3.8, 4) is 28.7 Å². The van der Waals surface area contributed by atoms with Crippen LogP contribution in [-0.4, -0.2) is 150 Å². The number of aliphatic hydroxyl groups excluding tert-OH is 2. The quantitative estimate of drug-likeness (QED) is 0.0654. The molecular weight excluding hydrogens is 916 g/mol. The van der Waals surface area contributed by atoms with Crippen LogP contribution in [0.2, 0.25) is 0 Å². The molecule has 0 radical (unpaired) electrons. The first kappa shape index (κ1) is 52.5. The minimum absolute atomic E-state index is 0.0466. The zero-order valence-electron chi connectivity index (χ0n) is 37.7. The summed E-state index contributed by atoms with van der Waals surface area (Å²) >= 11 is 0. The maximum Gasteiger partial charge on any atom is 0.331 e. The lowest BCUT2D eigenvalue weighted by Gasteiger charge is -2.45. The number of phenolic OH excluding ortho intramolecular Hbond substituents is 3. The summed E-state index contributed by atoms with van der Waals surface area (Å²) in [5, 5.41) is 53.2. The van der Waals surface area contributed by atoms with Crippen LogP contribution in [0.3, 0.4) is 0 Å². The first-order chi connectivity index (χ1) is 32.8. The largest absolute Gasteiger partial charge is 0.508 e. The molecule has 3 aromatic carbocycles. The number of carbonyl (C=O) groups excluding carboxylic acids is 6. The van der Waals surface area contributed by atoms with Gasteiger partial charge in [0.05, 0.1) is 14.2 Å². The molecule has 1 unspecified atom stereocenters. The number of rotatable bonds is 19. The number of hydrogen-bond donors (Lipinski definition) is 5. The molecule has 2 fully saturated rings. The van der Waals surface area contributed by atoms with Crippen molar-refractivity contribution in [3.63, 3.8) is 0 Å². The molecule has 2 saturated heterocycles. The van der Waals surface area contributed by atoms with Crippen molar-refractivity contribution >= 4 is 54.0 Å². The van der Waals surface area contributed by atoms with E-state index in [0.717, 1.165) is 39.0 Å². The molecule has 0 spiro atoms. The Balaban J connectivity index is 1.55. The third kappa shape index (κ3) is 14.5. The van der Waals surface area contributed by atoms with Crippen molar-refractivity contribution in [2.75, 3.05) is 34.0 Å². The summed E-state index contributed by atoms with van der Waals surface area (Å²) in [6.45, 7) is 0.440. The van der Waals surface area contributed by atoms with Crippen LogP contribution >= 0.6 is 0 Å². The standard InChI is InChI=1S/C47H50O22/c1-25(48)61-23-37-43(64-26(2)49)42(58)44(65-27(3)50)46(66-37)69-47(24-63-39(55)17-10-28-6-13-31(51)14-7-28)45(67-40(56)19-12-30-9-16-33(53)35(21-30)60-5)41(57)36(68-47)22-62-38(54)18-11-29-8-15-32(52)34(20-29)59-4/h6-21,36-37,41-46,51-53,57-58H,22-24H2,1-5H3/b17-10+,18-11+,19-12+/t36-,37-,41-,42+,43-,44?,45+,46-,47+/m1/s1. The number of ether oxygens (including phenoxy) is 11. The maximum absolute atomic E-state index is 13.7. The van der Waals surface area contributed by atoms with E-state index in [4.69, 9.17) is 52.1 Å². The van der Waals surface area contributed by atoms with Gasteiger partial charge in [-0.2, -0.15) is 0 Å². The first-order valence-corrected chi connectivity index (χ1v) is 20.8. The Bertz CT molecular complexity index is 2410. The number of benzene rings is 3. The van der Waals surface area contributed by atoms with Gasteiger partial charge in [-0.15, -0.1) is 0 Å². The summed E-state index contributed by atoms with van der Waals surface area (Å²) < 4.78 is 61.3. The van der Waals surface area contributed by atoms with E-state index >= 15 is 0 Å². The molecule has 22 nitrogen and oxygen atoms in total. The molecule has 2 heterocycles. The van der Waals surface area contributed by atoms with Gasteiger partial charge in [0.2, 0.25) is 12.1 Å². The van der Waals surface area contributed by atoms with Crippen molar-refractivity contribution in [2.45, 2.75) is 75.6 Å². The topological polar surface area (TPSA) is 305 Å². The van der Waals surface area contributed by atoms with Gasteiger partial charge in [0, 0.05) is 39.0 Å². The number of methoxy groups -OCH3 is 2. The summed E-state index contributed by atoms with van der Waals surface area (Å²) in [5.41, 5.74) is 1.20. The van der Waals surface area contributed by atoms with Crippen LogP contribution in [-0.2, 0) is 71.4 Å². The molecule has 0 bridgehead atoms. The molecule has 3 aromatic rings. The number of carbonyl (C=O) groups is 6. The fraction of sp³-hybridized carbons (Fsp3) is 0.362. The Labute approximate surface area is 393 Å². The summed E-state index contributed by atoms with van der Waals surface area (Å²) in [4.78, 5) is 76.7. The van der Waals surface area contributed by atoms with Gasteiger partial charge in [-0.05, 0) is 71.3 Å². The summed E-state index contributed by atoms with van der Waals surface area (Å²) in [6, 6.07) is 14.0. The number of phenols is 3. The third-order valence-corrected chi connectivity index (χ3v) is 10.0. The van der Waals surface area contributed by atoms with Crippen LogP contribution in [0.15, 0.2) is 78.9 Å². The molecule has 2 aliphatic heterocycles. The zero-order chi connectivity index (χ0) is 50.4. The lowest BCUT2D eigenvalue weighted by atomic mass is 9.98. The van der Waals surface area contributed by atoms with Crippen LogP contribution in [0.25, 0.3) is 18.2 Å². The van der Waals surface area contributed by atoms with Crippen molar-refractivity contribution in [2.24, 2.45) is 0 Å². The van der Waals surface area contributed by atoms with Gasteiger partial charge in [0.1, 0.15) is 50.0 Å². The SMILES string of the molecule is COc1cc(/C=C/C(=O)OC[C@H]2O[C@@](COC(=O)/C=C/c3ccc(O)cc3)(O[C@H]3O[C@H](COC(C)=O)[C@@H](OC(C)=O)[C@H](O)C3OC(C)=O)[C@@H](OC(=O)/C=C/c3ccc(O)c(OC)c3)[C@@H]2O)ccc1O. The van der Waals surface area contributed by atoms with Crippen LogP contribution in [0.4, 0.5) is 0 Å². The van der Waals surface area contributed by atoms with E-state index in [0.29, 0.717) is 16.7 Å². The Hall–Kier alpha value is -7.50. The Morgan fingerprint density at radius 2 is 1.10 bits per heavy atom. The van der Waals surface area contributed by atoms with Crippen LogP contribution in [0, 0.1) is 0 Å². The normalized spacial score (nSPS) is 24.4. The molecule has 5 N–H and O–H groups in total. The van der Waals surface area contributed by atoms with Crippen molar-refractivity contribution in [3.05, 3.63) is 95.6 Å². The van der Waals surface area contributed by atoms with Crippen molar-refractivity contribution < 1.29 is 106 Å². The second kappa shape index (κ2) is 24.0. The van der Waals surface area contributed by atoms with Crippen LogP contribution < -0.4 is 9.47 Å². The molecule has 9 atom stereocenters. The van der Waals surface area contributed by atoms with E-state index in [1.165, 1.54) is 93.1 Å². The van der Waals surface area contributed by atoms with E-state index in [2.05, 4.69) is 0 Å². The number of aliphatic hydroxyl groups is 2. The Morgan fingerprint density at radius 1 is 0.594 bits per heavy atom. The van der Waals surface area contributed by atoms with Gasteiger partial charge >= 0.3 is 35.8 Å². The molecule has 0 aromatic heterocycles. The van der Waals surface area contributed by atoms with Gasteiger partial charge in [0.25, 0.3) is 0 Å². The first-order valence-electron chi connectivity index (χ1n) is 20.8. The average Bonchev–Trinajstić information content (AvgIpc) is 3.56. The molecule has 0 aliphatic carbocycles. The Morgan fingerprint density at radius 3 is 1.65 bits per heavy atom. The van der Waals surface area contributed by atoms with E-state index in [1.807, 2.05) is 0 Å². The van der Waals surface area contributed by atoms with Crippen molar-refractivity contribution in [1.82, 2.24) is 0 Å². The predicted molar refractivity (Wildman–Crippen MR) is 233 cm³/mol. The number of aromatic hydroxyl groups is 3. The minimum atomic E-state index is -2.74. The van der Waals surface area contributed by atoms with Gasteiger partial charge in [0.15, 0.2) is 41.3 Å². The maximum atomic E-state index is 13.7. The Kier molecular flexibility index (Phi) is 18.2. The third-order valence-electron chi connectivity index (χ3n) is 10.0. The molecule has 5 rings (SSSR count). The van der Waals surface area contributed by atoms with E-state index in [1.54, 1.807) is 0 Å². The molecule has 0 amide bonds. The van der Waals surface area contributed by atoms with Crippen LogP contribution in [0.1, 0.15) is 37.5 Å². The van der Waals surface area contributed by atoms with E-state index in [-0.39, 0.29) is 28.7 Å². The van der Waals surface area contributed by atoms with Crippen LogP contribution in [0.5, 0.6) is 28.7 Å². The predicted octanol–water partition coefficient (Wildman–Crippen LogP) is 2.24. The highest BCUT2D eigenvalue weighted by atomic mass is 16.8. The molecule has 69 heavy (non-hydrogen) atoms. The highest BCUT2D eigenvalue weighted by Gasteiger charge is 2.63. The van der Waals surface area contributed by atoms with Gasteiger partial charge in [-0.25, -0.2) is 14.4 Å². The lowest BCUT2D eigenvalue weighted by Crippen LogP contribution is -2.65. The van der Waals surface area contributed by atoms with Crippen molar-refractivity contribution in [1.29, 1.82) is 0 Å². The monoisotopic (exact) mass is 966 g/mol. The van der Waals surface area contributed by atoms with E-state index in [9.17, 15) is 54.3 Å². The lowest BCUT2D eigenvalue weighted by molar-refractivity contribution is -0.384. The summed E-state index contributed by atoms with van der Waals surface area (Å²) in [6.07, 6.45) is -8.28. The molecule has 370 valence electrons. The molecule has 2 aliphatic rings. The average molecular weight is 967 g/mol. The smallest absolute Gasteiger partial charge is 0.331 e. The zero-order valence-corrected chi connectivity index (χ0v) is 37.7. The number of hydrogen-bond acceptors (Lipinski definition) is 22. The van der Waals surface area contributed by atoms with Gasteiger partial charge in [-0.1, -0.05) is 24.3 Å². The van der Waals surface area contributed by atoms with Gasteiger partial charge < -0.3 is 77.6 Å². The van der Waals surface area contributed by atoms with E-state index < -0.39 is 110 Å². The second-order valence-corrected chi connectivity index (χ2v) is 15.1. The van der Waals surface area contributed by atoms with Gasteiger partial charge in [-0.3, -0.25) is 14.4 Å². The highest BCUT2D eigenvalue weighted by molar-refractivity contribution is 5.88. The fourth-order valence-electron chi connectivity index (χ4n) is 6.83. The fourth-order valence-corrected chi connectivity index (χ4v) is 6.83. The summed E-state index contributed by atoms with van der Waals surface area (Å²) in [5.74, 6) is -8.98. The summed E-state index contributed by atoms with van der Waals surface area (Å²) in [7, 11) is 2.64. The second-order valence-electron chi connectivity index (χ2n) is 15.1. The molecule has 22 heteroatoms. The minimum Gasteiger partial charge on any atom is -0.508 e.